The zero-order valence-electron chi connectivity index (χ0n) is 17.5. The summed E-state index contributed by atoms with van der Waals surface area (Å²) in [6, 6.07) is 19.1. The third-order valence-electron chi connectivity index (χ3n) is 4.31. The Balaban J connectivity index is 1.48. The number of halogens is 1. The standard InChI is InChI=1S/C23H20ClN3O5S/c1-16-5-11-21(12-6-16)33(30,31)26-15-22(28)27-25-14-17-7-9-20(10-8-17)32-23(29)18-3-2-4-19(24)13-18/h2-14,26H,15H2,1H3,(H,27,28)/b25-14-. The molecule has 1 amide bonds. The number of carbonyl (C=O) groups excluding carboxylic acids is 2. The molecule has 0 radical (unpaired) electrons. The Bertz CT molecular complexity index is 1270. The molecule has 10 heteroatoms. The van der Waals surface area contributed by atoms with Gasteiger partial charge in [0.2, 0.25) is 10.0 Å². The Labute approximate surface area is 196 Å². The van der Waals surface area contributed by atoms with E-state index in [1.165, 1.54) is 24.4 Å². The Morgan fingerprint density at radius 2 is 1.73 bits per heavy atom. The summed E-state index contributed by atoms with van der Waals surface area (Å²) < 4.78 is 31.9. The number of hydrogen-bond acceptors (Lipinski definition) is 6. The minimum atomic E-state index is -3.80. The molecule has 0 aromatic heterocycles. The molecule has 2 N–H and O–H groups in total. The fraction of sp³-hybridized carbons (Fsp3) is 0.0870. The lowest BCUT2D eigenvalue weighted by Crippen LogP contribution is -2.34. The zero-order valence-corrected chi connectivity index (χ0v) is 19.1. The topological polar surface area (TPSA) is 114 Å². The normalized spacial score (nSPS) is 11.3. The maximum absolute atomic E-state index is 12.2. The summed E-state index contributed by atoms with van der Waals surface area (Å²) in [6.45, 7) is 1.38. The first-order valence-corrected chi connectivity index (χ1v) is 11.5. The highest BCUT2D eigenvalue weighted by Crippen LogP contribution is 2.16. The Kier molecular flexibility index (Phi) is 7.94. The Hall–Kier alpha value is -3.53. The first kappa shape index (κ1) is 24.1. The number of rotatable bonds is 8. The van der Waals surface area contributed by atoms with Crippen molar-refractivity contribution in [1.29, 1.82) is 0 Å². The molecular formula is C23H20ClN3O5S. The number of ether oxygens (including phenoxy) is 1. The number of nitrogens with zero attached hydrogens (tertiary/aromatic N) is 1. The van der Waals surface area contributed by atoms with Gasteiger partial charge in [-0.3, -0.25) is 4.79 Å². The van der Waals surface area contributed by atoms with Crippen LogP contribution in [0.15, 0.2) is 82.8 Å². The van der Waals surface area contributed by atoms with Crippen molar-refractivity contribution in [3.8, 4) is 5.75 Å². The van der Waals surface area contributed by atoms with E-state index in [1.54, 1.807) is 54.6 Å². The first-order valence-electron chi connectivity index (χ1n) is 9.69. The predicted molar refractivity (Wildman–Crippen MR) is 125 cm³/mol. The zero-order chi connectivity index (χ0) is 23.8. The van der Waals surface area contributed by atoms with Crippen LogP contribution in [-0.2, 0) is 14.8 Å². The molecular weight excluding hydrogens is 466 g/mol. The molecule has 3 aromatic carbocycles. The van der Waals surface area contributed by atoms with E-state index in [0.717, 1.165) is 5.56 Å². The van der Waals surface area contributed by atoms with Crippen LogP contribution in [0.3, 0.4) is 0 Å². The summed E-state index contributed by atoms with van der Waals surface area (Å²) >= 11 is 5.87. The molecule has 0 bridgehead atoms. The molecule has 0 aliphatic heterocycles. The van der Waals surface area contributed by atoms with Gasteiger partial charge < -0.3 is 4.74 Å². The number of esters is 1. The molecule has 33 heavy (non-hydrogen) atoms. The van der Waals surface area contributed by atoms with Crippen LogP contribution in [0.4, 0.5) is 0 Å². The van der Waals surface area contributed by atoms with Crippen molar-refractivity contribution in [2.24, 2.45) is 5.10 Å². The maximum atomic E-state index is 12.2. The number of amides is 1. The van der Waals surface area contributed by atoms with Crippen molar-refractivity contribution in [3.63, 3.8) is 0 Å². The van der Waals surface area contributed by atoms with Crippen LogP contribution < -0.4 is 14.9 Å². The summed E-state index contributed by atoms with van der Waals surface area (Å²) in [5.41, 5.74) is 4.12. The molecule has 0 heterocycles. The Morgan fingerprint density at radius 1 is 1.03 bits per heavy atom. The minimum Gasteiger partial charge on any atom is -0.423 e. The number of benzene rings is 3. The summed E-state index contributed by atoms with van der Waals surface area (Å²) in [5.74, 6) is -0.847. The third kappa shape index (κ3) is 7.25. The van der Waals surface area contributed by atoms with E-state index in [2.05, 4.69) is 15.2 Å². The highest BCUT2D eigenvalue weighted by molar-refractivity contribution is 7.89. The molecule has 8 nitrogen and oxygen atoms in total. The van der Waals surface area contributed by atoms with E-state index in [0.29, 0.717) is 21.9 Å². The van der Waals surface area contributed by atoms with Crippen LogP contribution in [-0.4, -0.2) is 33.1 Å². The van der Waals surface area contributed by atoms with Gasteiger partial charge in [-0.15, -0.1) is 0 Å². The van der Waals surface area contributed by atoms with Crippen LogP contribution in [0, 0.1) is 6.92 Å². The maximum Gasteiger partial charge on any atom is 0.343 e. The highest BCUT2D eigenvalue weighted by Gasteiger charge is 2.15. The van der Waals surface area contributed by atoms with E-state index in [-0.39, 0.29) is 4.90 Å². The van der Waals surface area contributed by atoms with Gasteiger partial charge in [0.1, 0.15) is 5.75 Å². The van der Waals surface area contributed by atoms with Gasteiger partial charge in [0.15, 0.2) is 0 Å². The van der Waals surface area contributed by atoms with Crippen LogP contribution in [0.25, 0.3) is 0 Å². The summed E-state index contributed by atoms with van der Waals surface area (Å²) in [6.07, 6.45) is 1.37. The monoisotopic (exact) mass is 485 g/mol. The second kappa shape index (κ2) is 10.9. The molecule has 0 atom stereocenters. The van der Waals surface area contributed by atoms with E-state index in [4.69, 9.17) is 16.3 Å². The molecule has 0 unspecified atom stereocenters. The van der Waals surface area contributed by atoms with Gasteiger partial charge in [0.05, 0.1) is 23.2 Å². The van der Waals surface area contributed by atoms with Crippen LogP contribution >= 0.6 is 11.6 Å². The summed E-state index contributed by atoms with van der Waals surface area (Å²) in [7, 11) is -3.80. The second-order valence-electron chi connectivity index (χ2n) is 6.90. The number of nitrogens with one attached hydrogen (secondary N) is 2. The average Bonchev–Trinajstić information content (AvgIpc) is 2.79. The lowest BCUT2D eigenvalue weighted by molar-refractivity contribution is -0.119. The van der Waals surface area contributed by atoms with Crippen molar-refractivity contribution in [3.05, 3.63) is 94.5 Å². The molecule has 0 spiro atoms. The fourth-order valence-electron chi connectivity index (χ4n) is 2.58. The van der Waals surface area contributed by atoms with Gasteiger partial charge >= 0.3 is 5.97 Å². The average molecular weight is 486 g/mol. The third-order valence-corrected chi connectivity index (χ3v) is 5.96. The first-order chi connectivity index (χ1) is 15.7. The number of hydrogen-bond donors (Lipinski definition) is 2. The highest BCUT2D eigenvalue weighted by atomic mass is 35.5. The van der Waals surface area contributed by atoms with E-state index in [9.17, 15) is 18.0 Å². The van der Waals surface area contributed by atoms with Crippen molar-refractivity contribution in [1.82, 2.24) is 10.1 Å². The van der Waals surface area contributed by atoms with Crippen molar-refractivity contribution in [2.75, 3.05) is 6.54 Å². The predicted octanol–water partition coefficient (Wildman–Crippen LogP) is 3.30. The quantitative estimate of drug-likeness (QED) is 0.220. The molecule has 0 aliphatic rings. The van der Waals surface area contributed by atoms with Crippen molar-refractivity contribution >= 4 is 39.7 Å². The Morgan fingerprint density at radius 3 is 2.39 bits per heavy atom. The number of carbonyl (C=O) groups is 2. The van der Waals surface area contributed by atoms with Gasteiger partial charge in [-0.25, -0.2) is 23.4 Å². The van der Waals surface area contributed by atoms with Crippen molar-refractivity contribution in [2.45, 2.75) is 11.8 Å². The van der Waals surface area contributed by atoms with E-state index >= 15 is 0 Å². The molecule has 3 aromatic rings. The molecule has 0 aliphatic carbocycles. The molecule has 3 rings (SSSR count). The van der Waals surface area contributed by atoms with Gasteiger partial charge in [0.25, 0.3) is 5.91 Å². The van der Waals surface area contributed by atoms with Gasteiger partial charge in [-0.05, 0) is 67.1 Å². The van der Waals surface area contributed by atoms with Gasteiger partial charge in [-0.1, -0.05) is 35.4 Å². The summed E-state index contributed by atoms with van der Waals surface area (Å²) in [5, 5.41) is 4.22. The van der Waals surface area contributed by atoms with Crippen LogP contribution in [0.5, 0.6) is 5.75 Å². The number of sulfonamides is 1. The second-order valence-corrected chi connectivity index (χ2v) is 9.10. The number of aryl methyl sites for hydroxylation is 1. The van der Waals surface area contributed by atoms with Gasteiger partial charge in [-0.2, -0.15) is 5.10 Å². The van der Waals surface area contributed by atoms with Gasteiger partial charge in [0, 0.05) is 5.02 Å². The van der Waals surface area contributed by atoms with Crippen molar-refractivity contribution < 1.29 is 22.7 Å². The minimum absolute atomic E-state index is 0.0700. The number of hydrazone groups is 1. The lowest BCUT2D eigenvalue weighted by atomic mass is 10.2. The molecule has 0 fully saturated rings. The largest absolute Gasteiger partial charge is 0.423 e. The molecule has 0 saturated carbocycles. The molecule has 0 saturated heterocycles. The lowest BCUT2D eigenvalue weighted by Gasteiger charge is -2.06. The van der Waals surface area contributed by atoms with Crippen LogP contribution in [0.2, 0.25) is 5.02 Å². The summed E-state index contributed by atoms with van der Waals surface area (Å²) in [4.78, 5) is 24.1. The molecule has 170 valence electrons. The van der Waals surface area contributed by atoms with Crippen LogP contribution in [0.1, 0.15) is 21.5 Å². The smallest absolute Gasteiger partial charge is 0.343 e. The van der Waals surface area contributed by atoms with E-state index < -0.39 is 28.4 Å². The SMILES string of the molecule is Cc1ccc(S(=O)(=O)NCC(=O)N/N=C\c2ccc(OC(=O)c3cccc(Cl)c3)cc2)cc1. The van der Waals surface area contributed by atoms with E-state index in [1.807, 2.05) is 6.92 Å². The fourth-order valence-corrected chi connectivity index (χ4v) is 3.76.